The molecule has 3 aromatic rings. The van der Waals surface area contributed by atoms with Crippen molar-refractivity contribution in [2.75, 3.05) is 18.0 Å². The van der Waals surface area contributed by atoms with E-state index < -0.39 is 11.9 Å². The third-order valence-corrected chi connectivity index (χ3v) is 8.21. The van der Waals surface area contributed by atoms with Crippen LogP contribution in [-0.2, 0) is 20.9 Å². The SMILES string of the molecule is CCN(CC)c1ccc([C@@H]2C(C(=O)OCc3ccccc3)=C(C)NC3=C2C(=O)C[C@@H](c2ccc(Cl)cc2)C3)cc1. The van der Waals surface area contributed by atoms with Gasteiger partial charge in [0.05, 0.1) is 5.57 Å². The van der Waals surface area contributed by atoms with Gasteiger partial charge in [-0.05, 0) is 74.1 Å². The van der Waals surface area contributed by atoms with E-state index in [9.17, 15) is 9.59 Å². The van der Waals surface area contributed by atoms with Gasteiger partial charge in [0.15, 0.2) is 5.78 Å². The Balaban J connectivity index is 1.51. The van der Waals surface area contributed by atoms with Crippen molar-refractivity contribution in [3.8, 4) is 0 Å². The molecular formula is C34H35ClN2O3. The van der Waals surface area contributed by atoms with Crippen LogP contribution in [0.1, 0.15) is 62.1 Å². The van der Waals surface area contributed by atoms with Crippen LogP contribution in [0.4, 0.5) is 5.69 Å². The first kappa shape index (κ1) is 27.7. The molecule has 1 heterocycles. The van der Waals surface area contributed by atoms with Crippen LogP contribution < -0.4 is 10.2 Å². The van der Waals surface area contributed by atoms with Gasteiger partial charge >= 0.3 is 5.97 Å². The molecule has 0 aromatic heterocycles. The monoisotopic (exact) mass is 554 g/mol. The molecule has 5 nitrogen and oxygen atoms in total. The number of anilines is 1. The Morgan fingerprint density at radius 3 is 2.23 bits per heavy atom. The molecule has 6 heteroatoms. The Hall–Kier alpha value is -3.83. The van der Waals surface area contributed by atoms with Gasteiger partial charge in [0.2, 0.25) is 0 Å². The fourth-order valence-electron chi connectivity index (χ4n) is 5.88. The average molecular weight is 555 g/mol. The zero-order valence-corrected chi connectivity index (χ0v) is 24.0. The number of rotatable bonds is 8. The van der Waals surface area contributed by atoms with Gasteiger partial charge in [0.1, 0.15) is 6.61 Å². The Labute approximate surface area is 241 Å². The van der Waals surface area contributed by atoms with Crippen LogP contribution in [0, 0.1) is 0 Å². The van der Waals surface area contributed by atoms with E-state index in [0.29, 0.717) is 29.0 Å². The number of halogens is 1. The number of carbonyl (C=O) groups is 2. The molecular weight excluding hydrogens is 520 g/mol. The number of Topliss-reactive ketones (excluding diaryl/α,β-unsaturated/α-hetero) is 1. The number of dihydropyridines is 1. The summed E-state index contributed by atoms with van der Waals surface area (Å²) in [5, 5.41) is 4.11. The third kappa shape index (κ3) is 5.71. The molecule has 1 aliphatic heterocycles. The highest BCUT2D eigenvalue weighted by Crippen LogP contribution is 2.46. The molecule has 5 rings (SSSR count). The van der Waals surface area contributed by atoms with Gasteiger partial charge in [-0.2, -0.15) is 0 Å². The predicted molar refractivity (Wildman–Crippen MR) is 160 cm³/mol. The van der Waals surface area contributed by atoms with Crippen LogP contribution in [0.3, 0.4) is 0 Å². The normalized spacial score (nSPS) is 18.8. The highest BCUT2D eigenvalue weighted by Gasteiger charge is 2.41. The number of nitrogens with one attached hydrogen (secondary N) is 1. The maximum atomic E-state index is 13.9. The van der Waals surface area contributed by atoms with Crippen LogP contribution in [0.2, 0.25) is 5.02 Å². The topological polar surface area (TPSA) is 58.6 Å². The Morgan fingerprint density at radius 2 is 1.57 bits per heavy atom. The van der Waals surface area contributed by atoms with Gasteiger partial charge in [-0.3, -0.25) is 4.79 Å². The van der Waals surface area contributed by atoms with Crippen molar-refractivity contribution in [2.45, 2.75) is 52.1 Å². The zero-order valence-electron chi connectivity index (χ0n) is 23.2. The molecule has 0 spiro atoms. The Bertz CT molecular complexity index is 1440. The summed E-state index contributed by atoms with van der Waals surface area (Å²) in [5.41, 5.74) is 6.78. The molecule has 3 aromatic carbocycles. The smallest absolute Gasteiger partial charge is 0.337 e. The van der Waals surface area contributed by atoms with Gasteiger partial charge in [-0.1, -0.05) is 66.2 Å². The highest BCUT2D eigenvalue weighted by molar-refractivity contribution is 6.30. The number of allylic oxidation sites excluding steroid dienone is 3. The van der Waals surface area contributed by atoms with E-state index in [1.165, 1.54) is 0 Å². The Morgan fingerprint density at radius 1 is 0.925 bits per heavy atom. The average Bonchev–Trinajstić information content (AvgIpc) is 2.97. The molecule has 0 saturated heterocycles. The minimum absolute atomic E-state index is 0.0427. The quantitative estimate of drug-likeness (QED) is 0.296. The molecule has 206 valence electrons. The maximum absolute atomic E-state index is 13.9. The van der Waals surface area contributed by atoms with Crippen LogP contribution in [-0.4, -0.2) is 24.8 Å². The summed E-state index contributed by atoms with van der Waals surface area (Å²) in [6.07, 6.45) is 1.06. The number of hydrogen-bond acceptors (Lipinski definition) is 5. The number of ether oxygens (including phenoxy) is 1. The van der Waals surface area contributed by atoms with Gasteiger partial charge in [-0.25, -0.2) is 4.79 Å². The third-order valence-electron chi connectivity index (χ3n) is 7.96. The van der Waals surface area contributed by atoms with E-state index in [0.717, 1.165) is 46.9 Å². The van der Waals surface area contributed by atoms with Crippen LogP contribution in [0.15, 0.2) is 101 Å². The van der Waals surface area contributed by atoms with Crippen molar-refractivity contribution in [2.24, 2.45) is 0 Å². The Kier molecular flexibility index (Phi) is 8.41. The van der Waals surface area contributed by atoms with Crippen molar-refractivity contribution in [1.82, 2.24) is 5.32 Å². The fraction of sp³-hybridized carbons (Fsp3) is 0.294. The summed E-state index contributed by atoms with van der Waals surface area (Å²) < 4.78 is 5.81. The van der Waals surface area contributed by atoms with Gasteiger partial charge < -0.3 is 15.0 Å². The molecule has 1 aliphatic carbocycles. The lowest BCUT2D eigenvalue weighted by atomic mass is 9.71. The number of nitrogens with zero attached hydrogens (tertiary/aromatic N) is 1. The minimum atomic E-state index is -0.496. The second-order valence-corrected chi connectivity index (χ2v) is 10.8. The van der Waals surface area contributed by atoms with Crippen LogP contribution in [0.5, 0.6) is 0 Å². The number of benzene rings is 3. The zero-order chi connectivity index (χ0) is 28.2. The molecule has 40 heavy (non-hydrogen) atoms. The summed E-state index contributed by atoms with van der Waals surface area (Å²) in [4.78, 5) is 29.8. The second-order valence-electron chi connectivity index (χ2n) is 10.4. The lowest BCUT2D eigenvalue weighted by molar-refractivity contribution is -0.140. The van der Waals surface area contributed by atoms with Crippen molar-refractivity contribution in [1.29, 1.82) is 0 Å². The molecule has 2 aliphatic rings. The number of hydrogen-bond donors (Lipinski definition) is 1. The van der Waals surface area contributed by atoms with Crippen LogP contribution >= 0.6 is 11.6 Å². The molecule has 0 amide bonds. The molecule has 0 unspecified atom stereocenters. The maximum Gasteiger partial charge on any atom is 0.337 e. The van der Waals surface area contributed by atoms with Gasteiger partial charge in [0, 0.05) is 53.1 Å². The number of ketones is 1. The molecule has 0 radical (unpaired) electrons. The summed E-state index contributed by atoms with van der Waals surface area (Å²) in [5.74, 6) is -0.816. The van der Waals surface area contributed by atoms with E-state index in [1.54, 1.807) is 0 Å². The van der Waals surface area contributed by atoms with E-state index in [1.807, 2.05) is 73.7 Å². The van der Waals surface area contributed by atoms with Crippen LogP contribution in [0.25, 0.3) is 0 Å². The fourth-order valence-corrected chi connectivity index (χ4v) is 6.01. The molecule has 0 fully saturated rings. The minimum Gasteiger partial charge on any atom is -0.457 e. The lowest BCUT2D eigenvalue weighted by Gasteiger charge is -2.37. The summed E-state index contributed by atoms with van der Waals surface area (Å²) >= 11 is 6.11. The first-order chi connectivity index (χ1) is 19.4. The van der Waals surface area contributed by atoms with Crippen molar-refractivity contribution in [3.05, 3.63) is 123 Å². The second kappa shape index (κ2) is 12.1. The summed E-state index contributed by atoms with van der Waals surface area (Å²) in [6, 6.07) is 25.6. The van der Waals surface area contributed by atoms with E-state index in [2.05, 4.69) is 36.2 Å². The molecule has 0 bridgehead atoms. The van der Waals surface area contributed by atoms with Gasteiger partial charge in [0.25, 0.3) is 0 Å². The van der Waals surface area contributed by atoms with Crippen molar-refractivity contribution in [3.63, 3.8) is 0 Å². The first-order valence-corrected chi connectivity index (χ1v) is 14.3. The number of carbonyl (C=O) groups excluding carboxylic acids is 2. The van der Waals surface area contributed by atoms with Gasteiger partial charge in [-0.15, -0.1) is 0 Å². The summed E-state index contributed by atoms with van der Waals surface area (Å²) in [7, 11) is 0. The molecule has 2 atom stereocenters. The van der Waals surface area contributed by atoms with Crippen molar-refractivity contribution >= 4 is 29.0 Å². The first-order valence-electron chi connectivity index (χ1n) is 13.9. The highest BCUT2D eigenvalue weighted by atomic mass is 35.5. The van der Waals surface area contributed by atoms with E-state index in [4.69, 9.17) is 16.3 Å². The van der Waals surface area contributed by atoms with E-state index in [-0.39, 0.29) is 18.3 Å². The largest absolute Gasteiger partial charge is 0.457 e. The lowest BCUT2D eigenvalue weighted by Crippen LogP contribution is -2.36. The van der Waals surface area contributed by atoms with E-state index >= 15 is 0 Å². The van der Waals surface area contributed by atoms with Crippen molar-refractivity contribution < 1.29 is 14.3 Å². The standard InChI is InChI=1S/C34H35ClN2O3/c1-4-37(5-2)28-17-13-25(14-18-28)32-31(34(39)40-21-23-9-7-6-8-10-23)22(3)36-29-19-26(20-30(38)33(29)32)24-11-15-27(35)16-12-24/h6-18,26,32,36H,4-5,19-21H2,1-3H3/t26-,32+/m0/s1. The molecule has 0 saturated carbocycles. The molecule has 1 N–H and O–H groups in total. The summed E-state index contributed by atoms with van der Waals surface area (Å²) in [6.45, 7) is 8.13. The predicted octanol–water partition coefficient (Wildman–Crippen LogP) is 7.29. The number of esters is 1.